The van der Waals surface area contributed by atoms with Gasteiger partial charge in [0.25, 0.3) is 6.20 Å². The van der Waals surface area contributed by atoms with E-state index in [0.29, 0.717) is 0 Å². The Morgan fingerprint density at radius 2 is 2.00 bits per heavy atom. The summed E-state index contributed by atoms with van der Waals surface area (Å²) in [6.07, 6.45) is 1.35. The Morgan fingerprint density at radius 3 is 2.54 bits per heavy atom. The van der Waals surface area contributed by atoms with Gasteiger partial charge in [0.2, 0.25) is 5.69 Å². The maximum absolute atomic E-state index is 10.7. The standard InChI is InChI=1S/C8H5IN2O2/c9-6-1-3-7(4-2-6)11-5-8(12)13-10-11/h1-5H/p+1. The van der Waals surface area contributed by atoms with E-state index in [1.807, 2.05) is 24.3 Å². The quantitative estimate of drug-likeness (QED) is 0.625. The summed E-state index contributed by atoms with van der Waals surface area (Å²) in [5.74, 6) is 0. The predicted molar refractivity (Wildman–Crippen MR) is 53.6 cm³/mol. The molecule has 1 aromatic heterocycles. The van der Waals surface area contributed by atoms with Crippen molar-refractivity contribution in [3.63, 3.8) is 0 Å². The second-order valence-corrected chi connectivity index (χ2v) is 3.73. The van der Waals surface area contributed by atoms with Crippen LogP contribution in [0.15, 0.2) is 39.8 Å². The molecule has 0 bridgehead atoms. The number of hydrogen-bond donors (Lipinski definition) is 1. The largest absolute Gasteiger partial charge is 0.427 e. The molecule has 13 heavy (non-hydrogen) atoms. The zero-order valence-corrected chi connectivity index (χ0v) is 8.69. The highest BCUT2D eigenvalue weighted by atomic mass is 127. The third kappa shape index (κ3) is 1.80. The van der Waals surface area contributed by atoms with Crippen molar-refractivity contribution in [2.45, 2.75) is 0 Å². The molecule has 1 N–H and O–H groups in total. The molecule has 66 valence electrons. The monoisotopic (exact) mass is 289 g/mol. The first kappa shape index (κ1) is 8.49. The van der Waals surface area contributed by atoms with E-state index in [2.05, 4.69) is 32.4 Å². The Bertz CT molecular complexity index is 457. The highest BCUT2D eigenvalue weighted by Gasteiger charge is 2.08. The van der Waals surface area contributed by atoms with Gasteiger partial charge in [0.15, 0.2) is 0 Å². The second-order valence-electron chi connectivity index (χ2n) is 2.49. The van der Waals surface area contributed by atoms with E-state index in [4.69, 9.17) is 0 Å². The highest BCUT2D eigenvalue weighted by molar-refractivity contribution is 14.1. The molecule has 0 radical (unpaired) electrons. The summed E-state index contributed by atoms with van der Waals surface area (Å²) in [6.45, 7) is 0. The van der Waals surface area contributed by atoms with E-state index in [1.54, 1.807) is 0 Å². The third-order valence-corrected chi connectivity index (χ3v) is 2.30. The van der Waals surface area contributed by atoms with Crippen LogP contribution in [0.1, 0.15) is 0 Å². The fourth-order valence-corrected chi connectivity index (χ4v) is 1.34. The van der Waals surface area contributed by atoms with Crippen molar-refractivity contribution in [3.8, 4) is 5.69 Å². The van der Waals surface area contributed by atoms with Crippen molar-refractivity contribution >= 4 is 22.6 Å². The zero-order valence-electron chi connectivity index (χ0n) is 6.53. The van der Waals surface area contributed by atoms with Crippen LogP contribution in [0.4, 0.5) is 0 Å². The van der Waals surface area contributed by atoms with E-state index >= 15 is 0 Å². The lowest BCUT2D eigenvalue weighted by atomic mass is 10.3. The molecular formula is C8H6IN2O2+. The van der Waals surface area contributed by atoms with E-state index < -0.39 is 5.63 Å². The minimum atomic E-state index is -0.390. The molecule has 0 unspecified atom stereocenters. The van der Waals surface area contributed by atoms with Crippen LogP contribution in [0.25, 0.3) is 5.69 Å². The van der Waals surface area contributed by atoms with Crippen LogP contribution >= 0.6 is 22.6 Å². The van der Waals surface area contributed by atoms with E-state index in [0.717, 1.165) is 9.26 Å². The number of halogens is 1. The molecule has 2 aromatic rings. The summed E-state index contributed by atoms with van der Waals surface area (Å²) in [7, 11) is 0. The normalized spacial score (nSPS) is 10.2. The SMILES string of the molecule is O=c1c[n+](-c2ccc(I)cc2)[nH]o1. The first-order chi connectivity index (χ1) is 6.25. The lowest BCUT2D eigenvalue weighted by Gasteiger charge is -1.88. The first-order valence-electron chi connectivity index (χ1n) is 3.62. The van der Waals surface area contributed by atoms with Gasteiger partial charge in [-0.1, -0.05) is 0 Å². The Balaban J connectivity index is 2.47. The van der Waals surface area contributed by atoms with Gasteiger partial charge in [-0.2, -0.15) is 0 Å². The Morgan fingerprint density at radius 1 is 1.31 bits per heavy atom. The van der Waals surface area contributed by atoms with Gasteiger partial charge in [-0.3, -0.25) is 4.52 Å². The van der Waals surface area contributed by atoms with Gasteiger partial charge < -0.3 is 0 Å². The topological polar surface area (TPSA) is 49.9 Å². The Kier molecular flexibility index (Phi) is 2.17. The molecule has 0 saturated carbocycles. The summed E-state index contributed by atoms with van der Waals surface area (Å²) >= 11 is 2.22. The lowest BCUT2D eigenvalue weighted by molar-refractivity contribution is -0.670. The molecule has 0 aliphatic heterocycles. The van der Waals surface area contributed by atoms with Gasteiger partial charge in [-0.25, -0.2) is 4.79 Å². The molecule has 5 heteroatoms. The third-order valence-electron chi connectivity index (χ3n) is 1.58. The van der Waals surface area contributed by atoms with Crippen molar-refractivity contribution in [1.82, 2.24) is 5.27 Å². The van der Waals surface area contributed by atoms with Crippen LogP contribution < -0.4 is 10.3 Å². The number of aromatic amines is 1. The average Bonchev–Trinajstić information content (AvgIpc) is 2.53. The molecule has 4 nitrogen and oxygen atoms in total. The molecular weight excluding hydrogens is 283 g/mol. The fourth-order valence-electron chi connectivity index (χ4n) is 0.981. The number of hydrogen-bond acceptors (Lipinski definition) is 2. The molecule has 0 amide bonds. The average molecular weight is 289 g/mol. The molecule has 0 fully saturated rings. The molecule has 1 heterocycles. The van der Waals surface area contributed by atoms with Crippen molar-refractivity contribution in [2.24, 2.45) is 0 Å². The summed E-state index contributed by atoms with van der Waals surface area (Å²) in [5.41, 5.74) is 0.477. The summed E-state index contributed by atoms with van der Waals surface area (Å²) in [4.78, 5) is 10.7. The molecule has 0 aliphatic carbocycles. The Labute approximate surface area is 87.3 Å². The van der Waals surface area contributed by atoms with E-state index in [1.165, 1.54) is 10.9 Å². The minimum absolute atomic E-state index is 0.390. The van der Waals surface area contributed by atoms with Crippen LogP contribution in [0.2, 0.25) is 0 Å². The first-order valence-corrected chi connectivity index (χ1v) is 4.70. The molecule has 0 aliphatic rings. The maximum atomic E-state index is 10.7. The van der Waals surface area contributed by atoms with E-state index in [-0.39, 0.29) is 0 Å². The highest BCUT2D eigenvalue weighted by Crippen LogP contribution is 2.05. The van der Waals surface area contributed by atoms with Crippen LogP contribution in [0.5, 0.6) is 0 Å². The van der Waals surface area contributed by atoms with Crippen molar-refractivity contribution in [2.75, 3.05) is 0 Å². The van der Waals surface area contributed by atoms with Gasteiger partial charge in [0.05, 0.1) is 0 Å². The number of benzene rings is 1. The van der Waals surface area contributed by atoms with E-state index in [9.17, 15) is 4.79 Å². The van der Waals surface area contributed by atoms with Crippen LogP contribution in [0.3, 0.4) is 0 Å². The predicted octanol–water partition coefficient (Wildman–Crippen LogP) is 0.849. The molecule has 2 rings (SSSR count). The number of aromatic nitrogens is 2. The van der Waals surface area contributed by atoms with Gasteiger partial charge in [0.1, 0.15) is 0 Å². The van der Waals surface area contributed by atoms with Crippen molar-refractivity contribution < 1.29 is 9.20 Å². The van der Waals surface area contributed by atoms with Gasteiger partial charge in [0, 0.05) is 15.7 Å². The van der Waals surface area contributed by atoms with Crippen molar-refractivity contribution in [1.29, 1.82) is 0 Å². The molecule has 1 aromatic carbocycles. The van der Waals surface area contributed by atoms with Crippen LogP contribution in [-0.4, -0.2) is 5.27 Å². The smallest absolute Gasteiger partial charge is 0.283 e. The maximum Gasteiger partial charge on any atom is 0.427 e. The number of rotatable bonds is 1. The van der Waals surface area contributed by atoms with Crippen molar-refractivity contribution in [3.05, 3.63) is 44.5 Å². The van der Waals surface area contributed by atoms with Gasteiger partial charge >= 0.3 is 5.63 Å². The molecule has 0 spiro atoms. The lowest BCUT2D eigenvalue weighted by Crippen LogP contribution is -2.31. The molecule has 0 saturated heterocycles. The summed E-state index contributed by atoms with van der Waals surface area (Å²) in [5, 5.41) is 2.47. The van der Waals surface area contributed by atoms with Gasteiger partial charge in [-0.05, 0) is 44.7 Å². The van der Waals surface area contributed by atoms with Gasteiger partial charge in [-0.15, -0.1) is 0 Å². The zero-order chi connectivity index (χ0) is 9.26. The summed E-state index contributed by atoms with van der Waals surface area (Å²) in [6, 6.07) is 7.70. The number of nitrogens with zero attached hydrogens (tertiary/aromatic N) is 1. The molecule has 0 atom stereocenters. The number of H-pyrrole nitrogens is 1. The Hall–Kier alpha value is -1.11. The fraction of sp³-hybridized carbons (Fsp3) is 0. The summed E-state index contributed by atoms with van der Waals surface area (Å²) < 4.78 is 7.20. The number of nitrogens with one attached hydrogen (secondary N) is 1. The van der Waals surface area contributed by atoms with Crippen LogP contribution in [0, 0.1) is 3.57 Å². The second kappa shape index (κ2) is 3.33. The van der Waals surface area contributed by atoms with Crippen LogP contribution in [-0.2, 0) is 0 Å². The minimum Gasteiger partial charge on any atom is -0.283 e.